The smallest absolute Gasteiger partial charge is 0.156 e. The number of nitrogens with two attached hydrogens (primary N) is 1. The van der Waals surface area contributed by atoms with Crippen molar-refractivity contribution in [3.05, 3.63) is 23.8 Å². The number of hydrogen-bond acceptors (Lipinski definition) is 2. The van der Waals surface area contributed by atoms with Gasteiger partial charge in [0.05, 0.1) is 0 Å². The van der Waals surface area contributed by atoms with Crippen molar-refractivity contribution in [1.29, 1.82) is 0 Å². The van der Waals surface area contributed by atoms with Gasteiger partial charge in [-0.2, -0.15) is 0 Å². The molecule has 4 aliphatic rings. The van der Waals surface area contributed by atoms with Gasteiger partial charge in [0.25, 0.3) is 0 Å². The average Bonchev–Trinajstić information content (AvgIpc) is 2.85. The largest absolute Gasteiger partial charge is 0.330 e. The lowest BCUT2D eigenvalue weighted by atomic mass is 9.48. The van der Waals surface area contributed by atoms with Gasteiger partial charge in [0.2, 0.25) is 0 Å². The van der Waals surface area contributed by atoms with Crippen molar-refractivity contribution in [2.24, 2.45) is 40.2 Å². The molecule has 0 aliphatic heterocycles. The first-order chi connectivity index (χ1) is 11.0. The molecular weight excluding hydrogens is 282 g/mol. The molecule has 6 unspecified atom stereocenters. The topological polar surface area (TPSA) is 43.1 Å². The molecule has 6 atom stereocenters. The number of carbonyl (C=O) groups excluding carboxylic acids is 1. The number of carbonyl (C=O) groups is 1. The molecule has 4 aliphatic carbocycles. The lowest BCUT2D eigenvalue weighted by molar-refractivity contribution is -0.116. The third-order valence-electron chi connectivity index (χ3n) is 8.23. The summed E-state index contributed by atoms with van der Waals surface area (Å²) < 4.78 is 0. The highest BCUT2D eigenvalue weighted by Gasteiger charge is 2.57. The molecule has 0 aromatic heterocycles. The molecule has 0 aromatic rings. The van der Waals surface area contributed by atoms with Crippen molar-refractivity contribution in [2.45, 2.75) is 58.8 Å². The van der Waals surface area contributed by atoms with Gasteiger partial charge in [-0.15, -0.1) is 0 Å². The van der Waals surface area contributed by atoms with Crippen LogP contribution in [0.5, 0.6) is 0 Å². The van der Waals surface area contributed by atoms with Gasteiger partial charge in [-0.05, 0) is 91.2 Å². The van der Waals surface area contributed by atoms with E-state index in [0.717, 1.165) is 37.1 Å². The minimum atomic E-state index is 0.237. The summed E-state index contributed by atoms with van der Waals surface area (Å²) in [5.41, 5.74) is 7.93. The summed E-state index contributed by atoms with van der Waals surface area (Å²) in [5, 5.41) is 0. The first kappa shape index (κ1) is 15.6. The number of fused-ring (bicyclic) bond motifs is 5. The fraction of sp³-hybridized carbons (Fsp3) is 0.762. The molecule has 2 N–H and O–H groups in total. The summed E-state index contributed by atoms with van der Waals surface area (Å²) in [5.74, 6) is 3.42. The second kappa shape index (κ2) is 5.31. The van der Waals surface area contributed by atoms with Gasteiger partial charge >= 0.3 is 0 Å². The van der Waals surface area contributed by atoms with Crippen LogP contribution in [0, 0.1) is 34.5 Å². The second-order valence-electron chi connectivity index (χ2n) is 9.03. The Morgan fingerprint density at radius 3 is 2.78 bits per heavy atom. The van der Waals surface area contributed by atoms with Crippen LogP contribution in [-0.2, 0) is 4.79 Å². The molecule has 2 nitrogen and oxygen atoms in total. The molecule has 0 aromatic carbocycles. The van der Waals surface area contributed by atoms with E-state index in [-0.39, 0.29) is 5.41 Å². The molecule has 0 radical (unpaired) electrons. The van der Waals surface area contributed by atoms with Gasteiger partial charge in [-0.25, -0.2) is 0 Å². The maximum absolute atomic E-state index is 11.8. The lowest BCUT2D eigenvalue weighted by Crippen LogP contribution is -2.49. The highest BCUT2D eigenvalue weighted by molar-refractivity contribution is 5.92. The van der Waals surface area contributed by atoms with Gasteiger partial charge < -0.3 is 5.73 Å². The zero-order chi connectivity index (χ0) is 16.2. The van der Waals surface area contributed by atoms with Crippen molar-refractivity contribution in [1.82, 2.24) is 0 Å². The predicted octanol–water partition coefficient (Wildman–Crippen LogP) is 4.26. The van der Waals surface area contributed by atoms with E-state index in [1.807, 2.05) is 6.08 Å². The van der Waals surface area contributed by atoms with Crippen molar-refractivity contribution in [3.8, 4) is 0 Å². The van der Waals surface area contributed by atoms with E-state index in [4.69, 9.17) is 5.73 Å². The van der Waals surface area contributed by atoms with E-state index >= 15 is 0 Å². The van der Waals surface area contributed by atoms with Crippen LogP contribution in [0.3, 0.4) is 0 Å². The SMILES string of the molecule is CC12CCC(=O)C=C1C=CC1C2CCC2(C)C(CCN)CCC12. The van der Waals surface area contributed by atoms with E-state index < -0.39 is 0 Å². The summed E-state index contributed by atoms with van der Waals surface area (Å²) in [6, 6.07) is 0. The van der Waals surface area contributed by atoms with Gasteiger partial charge in [0, 0.05) is 6.42 Å². The Bertz CT molecular complexity index is 576. The predicted molar refractivity (Wildman–Crippen MR) is 93.8 cm³/mol. The Morgan fingerprint density at radius 1 is 1.17 bits per heavy atom. The maximum Gasteiger partial charge on any atom is 0.156 e. The number of rotatable bonds is 2. The average molecular weight is 313 g/mol. The summed E-state index contributed by atoms with van der Waals surface area (Å²) in [4.78, 5) is 11.8. The maximum atomic E-state index is 11.8. The van der Waals surface area contributed by atoms with Gasteiger partial charge in [-0.1, -0.05) is 26.0 Å². The van der Waals surface area contributed by atoms with Crippen LogP contribution >= 0.6 is 0 Å². The quantitative estimate of drug-likeness (QED) is 0.827. The Balaban J connectivity index is 1.68. The van der Waals surface area contributed by atoms with Gasteiger partial charge in [0.1, 0.15) is 0 Å². The molecule has 2 saturated carbocycles. The molecule has 0 spiro atoms. The van der Waals surface area contributed by atoms with Crippen molar-refractivity contribution < 1.29 is 4.79 Å². The second-order valence-corrected chi connectivity index (χ2v) is 9.03. The summed E-state index contributed by atoms with van der Waals surface area (Å²) in [6.45, 7) is 5.82. The molecule has 0 heterocycles. The zero-order valence-corrected chi connectivity index (χ0v) is 14.7. The third-order valence-corrected chi connectivity index (χ3v) is 8.23. The third kappa shape index (κ3) is 2.13. The molecule has 0 amide bonds. The Hall–Kier alpha value is -0.890. The van der Waals surface area contributed by atoms with Crippen LogP contribution in [0.4, 0.5) is 0 Å². The van der Waals surface area contributed by atoms with Crippen molar-refractivity contribution in [2.75, 3.05) is 6.54 Å². The number of allylic oxidation sites excluding steroid dienone is 4. The van der Waals surface area contributed by atoms with Crippen LogP contribution in [0.1, 0.15) is 58.8 Å². The van der Waals surface area contributed by atoms with E-state index in [1.165, 1.54) is 37.7 Å². The molecular formula is C21H31NO. The number of hydrogen-bond donors (Lipinski definition) is 1. The van der Waals surface area contributed by atoms with Crippen LogP contribution in [-0.4, -0.2) is 12.3 Å². The minimum absolute atomic E-state index is 0.237. The van der Waals surface area contributed by atoms with Crippen molar-refractivity contribution >= 4 is 5.78 Å². The van der Waals surface area contributed by atoms with E-state index in [2.05, 4.69) is 26.0 Å². The van der Waals surface area contributed by atoms with Crippen LogP contribution in [0.25, 0.3) is 0 Å². The lowest BCUT2D eigenvalue weighted by Gasteiger charge is -2.56. The van der Waals surface area contributed by atoms with Crippen LogP contribution in [0.2, 0.25) is 0 Å². The summed E-state index contributed by atoms with van der Waals surface area (Å²) in [7, 11) is 0. The van der Waals surface area contributed by atoms with Gasteiger partial charge in [-0.3, -0.25) is 4.79 Å². The normalized spacial score (nSPS) is 48.5. The van der Waals surface area contributed by atoms with E-state index in [1.54, 1.807) is 0 Å². The fourth-order valence-corrected chi connectivity index (χ4v) is 6.78. The first-order valence-electron chi connectivity index (χ1n) is 9.62. The van der Waals surface area contributed by atoms with Crippen LogP contribution in [0.15, 0.2) is 23.8 Å². The van der Waals surface area contributed by atoms with Gasteiger partial charge in [0.15, 0.2) is 5.78 Å². The standard InChI is InChI=1S/C21H31NO/c1-20-11-8-19-17(18(20)6-4-14(20)9-12-22)5-3-15-13-16(23)7-10-21(15,19)2/h3,5,13-14,17-19H,4,6-12,22H2,1-2H3. The highest BCUT2D eigenvalue weighted by Crippen LogP contribution is 2.65. The molecule has 126 valence electrons. The van der Waals surface area contributed by atoms with Crippen LogP contribution < -0.4 is 5.73 Å². The Morgan fingerprint density at radius 2 is 2.00 bits per heavy atom. The monoisotopic (exact) mass is 313 g/mol. The Labute approximate surface area is 140 Å². The molecule has 0 saturated heterocycles. The molecule has 2 fully saturated rings. The number of ketones is 1. The summed E-state index contributed by atoms with van der Waals surface area (Å²) in [6.07, 6.45) is 15.1. The molecule has 23 heavy (non-hydrogen) atoms. The highest BCUT2D eigenvalue weighted by atomic mass is 16.1. The molecule has 0 bridgehead atoms. The van der Waals surface area contributed by atoms with Crippen molar-refractivity contribution in [3.63, 3.8) is 0 Å². The fourth-order valence-electron chi connectivity index (χ4n) is 6.78. The zero-order valence-electron chi connectivity index (χ0n) is 14.7. The van der Waals surface area contributed by atoms with E-state index in [0.29, 0.717) is 17.1 Å². The minimum Gasteiger partial charge on any atom is -0.330 e. The Kier molecular flexibility index (Phi) is 3.61. The molecule has 2 heteroatoms. The molecule has 4 rings (SSSR count). The first-order valence-corrected chi connectivity index (χ1v) is 9.62. The van der Waals surface area contributed by atoms with E-state index in [9.17, 15) is 4.79 Å². The summed E-state index contributed by atoms with van der Waals surface area (Å²) >= 11 is 0.